The van der Waals surface area contributed by atoms with Crippen LogP contribution in [0.15, 0.2) is 18.2 Å². The van der Waals surface area contributed by atoms with Crippen molar-refractivity contribution < 1.29 is 9.66 Å². The molecular formula is C11H14N2O3. The standard InChI is InChI=1S/C11H14N2O3/c1-3-12-8(2)7-16-11-6-9(13(14)15)4-5-10(11)12/h4-6,8H,3,7H2,1-2H3. The summed E-state index contributed by atoms with van der Waals surface area (Å²) in [6.07, 6.45) is 0. The number of ether oxygens (including phenoxy) is 1. The minimum absolute atomic E-state index is 0.0735. The Labute approximate surface area is 93.8 Å². The lowest BCUT2D eigenvalue weighted by atomic mass is 10.1. The predicted molar refractivity (Wildman–Crippen MR) is 61.1 cm³/mol. The third-order valence-electron chi connectivity index (χ3n) is 2.82. The molecule has 1 atom stereocenters. The number of likely N-dealkylation sites (N-methyl/N-ethyl adjacent to an activating group) is 1. The molecule has 0 amide bonds. The van der Waals surface area contributed by atoms with E-state index in [-0.39, 0.29) is 5.69 Å². The van der Waals surface area contributed by atoms with Gasteiger partial charge in [0, 0.05) is 12.6 Å². The fraction of sp³-hybridized carbons (Fsp3) is 0.455. The van der Waals surface area contributed by atoms with E-state index in [0.29, 0.717) is 18.4 Å². The third kappa shape index (κ3) is 1.68. The molecule has 16 heavy (non-hydrogen) atoms. The number of fused-ring (bicyclic) bond motifs is 1. The Bertz CT molecular complexity index is 420. The molecule has 1 aromatic carbocycles. The molecular weight excluding hydrogens is 208 g/mol. The van der Waals surface area contributed by atoms with Crippen molar-refractivity contribution in [1.29, 1.82) is 0 Å². The molecule has 0 saturated heterocycles. The van der Waals surface area contributed by atoms with Gasteiger partial charge in [-0.2, -0.15) is 0 Å². The number of rotatable bonds is 2. The summed E-state index contributed by atoms with van der Waals surface area (Å²) < 4.78 is 5.51. The first-order valence-corrected chi connectivity index (χ1v) is 5.31. The van der Waals surface area contributed by atoms with Crippen molar-refractivity contribution in [3.8, 4) is 5.75 Å². The number of anilines is 1. The van der Waals surface area contributed by atoms with Gasteiger partial charge in [0.1, 0.15) is 12.4 Å². The van der Waals surface area contributed by atoms with Crippen molar-refractivity contribution in [2.75, 3.05) is 18.1 Å². The average Bonchev–Trinajstić information content (AvgIpc) is 2.28. The van der Waals surface area contributed by atoms with Crippen LogP contribution in [0.3, 0.4) is 0 Å². The van der Waals surface area contributed by atoms with Gasteiger partial charge in [0.05, 0.1) is 22.7 Å². The second-order valence-corrected chi connectivity index (χ2v) is 3.86. The number of nitrogens with zero attached hydrogens (tertiary/aromatic N) is 2. The number of nitro groups is 1. The van der Waals surface area contributed by atoms with E-state index < -0.39 is 4.92 Å². The Morgan fingerprint density at radius 2 is 2.38 bits per heavy atom. The van der Waals surface area contributed by atoms with Gasteiger partial charge in [-0.1, -0.05) is 0 Å². The van der Waals surface area contributed by atoms with Gasteiger partial charge in [0.25, 0.3) is 5.69 Å². The van der Waals surface area contributed by atoms with Crippen molar-refractivity contribution in [3.63, 3.8) is 0 Å². The van der Waals surface area contributed by atoms with Crippen LogP contribution >= 0.6 is 0 Å². The molecule has 0 N–H and O–H groups in total. The second kappa shape index (κ2) is 4.00. The predicted octanol–water partition coefficient (Wildman–Crippen LogP) is 2.20. The van der Waals surface area contributed by atoms with Gasteiger partial charge < -0.3 is 9.64 Å². The molecule has 1 unspecified atom stereocenters. The van der Waals surface area contributed by atoms with Crippen molar-refractivity contribution in [3.05, 3.63) is 28.3 Å². The van der Waals surface area contributed by atoms with Crippen molar-refractivity contribution in [2.45, 2.75) is 19.9 Å². The summed E-state index contributed by atoms with van der Waals surface area (Å²) in [7, 11) is 0. The molecule has 5 heteroatoms. The van der Waals surface area contributed by atoms with Gasteiger partial charge in [-0.3, -0.25) is 10.1 Å². The van der Waals surface area contributed by atoms with E-state index in [4.69, 9.17) is 4.74 Å². The first-order valence-electron chi connectivity index (χ1n) is 5.31. The number of non-ortho nitro benzene ring substituents is 1. The zero-order valence-electron chi connectivity index (χ0n) is 9.34. The van der Waals surface area contributed by atoms with Gasteiger partial charge in [-0.15, -0.1) is 0 Å². The fourth-order valence-electron chi connectivity index (χ4n) is 1.99. The molecule has 1 aliphatic rings. The number of hydrogen-bond donors (Lipinski definition) is 0. The molecule has 1 aliphatic heterocycles. The molecule has 2 rings (SSSR count). The number of benzene rings is 1. The maximum atomic E-state index is 10.6. The summed E-state index contributed by atoms with van der Waals surface area (Å²) in [6, 6.07) is 5.07. The van der Waals surface area contributed by atoms with Crippen LogP contribution in [0.5, 0.6) is 5.75 Å². The second-order valence-electron chi connectivity index (χ2n) is 3.86. The van der Waals surface area contributed by atoms with Crippen LogP contribution in [0.2, 0.25) is 0 Å². The van der Waals surface area contributed by atoms with Crippen LogP contribution in [0.25, 0.3) is 0 Å². The first kappa shape index (κ1) is 10.7. The quantitative estimate of drug-likeness (QED) is 0.568. The lowest BCUT2D eigenvalue weighted by molar-refractivity contribution is -0.384. The van der Waals surface area contributed by atoms with Crippen molar-refractivity contribution >= 4 is 11.4 Å². The topological polar surface area (TPSA) is 55.6 Å². The highest BCUT2D eigenvalue weighted by atomic mass is 16.6. The van der Waals surface area contributed by atoms with E-state index in [1.165, 1.54) is 12.1 Å². The molecule has 0 aromatic heterocycles. The van der Waals surface area contributed by atoms with Crippen LogP contribution in [0.1, 0.15) is 13.8 Å². The Hall–Kier alpha value is -1.78. The van der Waals surface area contributed by atoms with Crippen LogP contribution in [0, 0.1) is 10.1 Å². The molecule has 86 valence electrons. The normalized spacial score (nSPS) is 18.9. The largest absolute Gasteiger partial charge is 0.489 e. The zero-order valence-corrected chi connectivity index (χ0v) is 9.34. The lowest BCUT2D eigenvalue weighted by Crippen LogP contribution is -2.40. The smallest absolute Gasteiger partial charge is 0.273 e. The van der Waals surface area contributed by atoms with Gasteiger partial charge in [-0.05, 0) is 19.9 Å². The fourth-order valence-corrected chi connectivity index (χ4v) is 1.99. The van der Waals surface area contributed by atoms with E-state index in [0.717, 1.165) is 12.2 Å². The minimum atomic E-state index is -0.405. The van der Waals surface area contributed by atoms with E-state index in [1.807, 2.05) is 0 Å². The van der Waals surface area contributed by atoms with Crippen LogP contribution in [-0.2, 0) is 0 Å². The number of nitro benzene ring substituents is 1. The molecule has 0 radical (unpaired) electrons. The van der Waals surface area contributed by atoms with Gasteiger partial charge in [-0.25, -0.2) is 0 Å². The van der Waals surface area contributed by atoms with Gasteiger partial charge >= 0.3 is 0 Å². The monoisotopic (exact) mass is 222 g/mol. The number of hydrogen-bond acceptors (Lipinski definition) is 4. The molecule has 0 fully saturated rings. The highest BCUT2D eigenvalue weighted by molar-refractivity contribution is 5.64. The van der Waals surface area contributed by atoms with E-state index >= 15 is 0 Å². The molecule has 1 heterocycles. The highest BCUT2D eigenvalue weighted by Gasteiger charge is 2.24. The molecule has 5 nitrogen and oxygen atoms in total. The molecule has 0 spiro atoms. The van der Waals surface area contributed by atoms with Crippen LogP contribution in [-0.4, -0.2) is 24.1 Å². The van der Waals surface area contributed by atoms with E-state index in [2.05, 4.69) is 18.7 Å². The summed E-state index contributed by atoms with van der Waals surface area (Å²) in [5, 5.41) is 10.6. The summed E-state index contributed by atoms with van der Waals surface area (Å²) in [5.74, 6) is 0.606. The summed E-state index contributed by atoms with van der Waals surface area (Å²) >= 11 is 0. The van der Waals surface area contributed by atoms with Crippen molar-refractivity contribution in [2.24, 2.45) is 0 Å². The molecule has 1 aromatic rings. The third-order valence-corrected chi connectivity index (χ3v) is 2.82. The summed E-state index contributed by atoms with van der Waals surface area (Å²) in [4.78, 5) is 12.4. The Morgan fingerprint density at radius 1 is 1.62 bits per heavy atom. The SMILES string of the molecule is CCN1c2ccc([N+](=O)[O-])cc2OCC1C. The molecule has 0 saturated carbocycles. The van der Waals surface area contributed by atoms with Crippen LogP contribution in [0.4, 0.5) is 11.4 Å². The van der Waals surface area contributed by atoms with Crippen LogP contribution < -0.4 is 9.64 Å². The maximum absolute atomic E-state index is 10.6. The first-order chi connectivity index (χ1) is 7.63. The van der Waals surface area contributed by atoms with E-state index in [9.17, 15) is 10.1 Å². The average molecular weight is 222 g/mol. The van der Waals surface area contributed by atoms with Gasteiger partial charge in [0.15, 0.2) is 0 Å². The Kier molecular flexibility index (Phi) is 2.68. The van der Waals surface area contributed by atoms with E-state index in [1.54, 1.807) is 6.07 Å². The zero-order chi connectivity index (χ0) is 11.7. The lowest BCUT2D eigenvalue weighted by Gasteiger charge is -2.35. The highest BCUT2D eigenvalue weighted by Crippen LogP contribution is 2.36. The maximum Gasteiger partial charge on any atom is 0.273 e. The Balaban J connectivity index is 2.42. The summed E-state index contributed by atoms with van der Waals surface area (Å²) in [6.45, 7) is 5.58. The van der Waals surface area contributed by atoms with Crippen molar-refractivity contribution in [1.82, 2.24) is 0 Å². The Morgan fingerprint density at radius 3 is 3.00 bits per heavy atom. The minimum Gasteiger partial charge on any atom is -0.489 e. The molecule has 0 bridgehead atoms. The van der Waals surface area contributed by atoms with Gasteiger partial charge in [0.2, 0.25) is 0 Å². The molecule has 0 aliphatic carbocycles. The summed E-state index contributed by atoms with van der Waals surface area (Å²) in [5.41, 5.74) is 1.01.